The summed E-state index contributed by atoms with van der Waals surface area (Å²) >= 11 is 0. The third kappa shape index (κ3) is 2.78. The Morgan fingerprint density at radius 3 is 2.71 bits per heavy atom. The first-order chi connectivity index (χ1) is 9.93. The number of rotatable bonds is 3. The van der Waals surface area contributed by atoms with Gasteiger partial charge < -0.3 is 4.74 Å². The van der Waals surface area contributed by atoms with Crippen LogP contribution in [-0.2, 0) is 4.74 Å². The van der Waals surface area contributed by atoms with Crippen molar-refractivity contribution in [3.05, 3.63) is 62.1 Å². The number of aryl methyl sites for hydroxylation is 1. The molecule has 0 N–H and O–H groups in total. The summed E-state index contributed by atoms with van der Waals surface area (Å²) in [6.07, 6.45) is 1.26. The molecule has 21 heavy (non-hydrogen) atoms. The fourth-order valence-corrected chi connectivity index (χ4v) is 1.75. The highest BCUT2D eigenvalue weighted by Gasteiger charge is 2.18. The van der Waals surface area contributed by atoms with Gasteiger partial charge in [-0.15, -0.1) is 0 Å². The van der Waals surface area contributed by atoms with Gasteiger partial charge in [0.25, 0.3) is 5.69 Å². The molecule has 0 spiro atoms. The Morgan fingerprint density at radius 2 is 2.10 bits per heavy atom. The SMILES string of the molecule is COC(=O)c1nn(-c2cc(C)ccc2[N+](=O)[O-])ccc1=O. The molecule has 0 saturated carbocycles. The summed E-state index contributed by atoms with van der Waals surface area (Å²) < 4.78 is 5.57. The van der Waals surface area contributed by atoms with Crippen LogP contribution in [0.25, 0.3) is 5.69 Å². The molecule has 0 aliphatic rings. The number of nitro benzene ring substituents is 1. The van der Waals surface area contributed by atoms with Crippen molar-refractivity contribution in [3.8, 4) is 5.69 Å². The number of carbonyl (C=O) groups excluding carboxylic acids is 1. The molecule has 108 valence electrons. The number of carbonyl (C=O) groups is 1. The molecule has 1 aromatic carbocycles. The Morgan fingerprint density at radius 1 is 1.38 bits per heavy atom. The zero-order valence-corrected chi connectivity index (χ0v) is 11.3. The van der Waals surface area contributed by atoms with Crippen LogP contribution in [0.4, 0.5) is 5.69 Å². The average molecular weight is 289 g/mol. The van der Waals surface area contributed by atoms with Gasteiger partial charge in [-0.25, -0.2) is 9.48 Å². The minimum Gasteiger partial charge on any atom is -0.464 e. The molecule has 0 radical (unpaired) electrons. The largest absolute Gasteiger partial charge is 0.464 e. The molecule has 0 atom stereocenters. The molecule has 8 nitrogen and oxygen atoms in total. The highest BCUT2D eigenvalue weighted by atomic mass is 16.6. The number of benzene rings is 1. The maximum absolute atomic E-state index is 11.6. The predicted molar refractivity (Wildman–Crippen MR) is 72.6 cm³/mol. The number of methoxy groups -OCH3 is 1. The standard InChI is InChI=1S/C13H11N3O5/c1-8-3-4-9(16(19)20)10(7-8)15-6-5-11(17)12(14-15)13(18)21-2/h3-7H,1-2H3. The molecule has 2 rings (SSSR count). The van der Waals surface area contributed by atoms with Crippen LogP contribution in [0.1, 0.15) is 16.1 Å². The van der Waals surface area contributed by atoms with Gasteiger partial charge in [0.05, 0.1) is 12.0 Å². The average Bonchev–Trinajstić information content (AvgIpc) is 2.46. The summed E-state index contributed by atoms with van der Waals surface area (Å²) in [5.41, 5.74) is -0.308. The van der Waals surface area contributed by atoms with Gasteiger partial charge in [0.1, 0.15) is 5.69 Å². The van der Waals surface area contributed by atoms with E-state index in [-0.39, 0.29) is 11.4 Å². The maximum Gasteiger partial charge on any atom is 0.362 e. The summed E-state index contributed by atoms with van der Waals surface area (Å²) in [5.74, 6) is -0.898. The van der Waals surface area contributed by atoms with E-state index in [9.17, 15) is 19.7 Å². The van der Waals surface area contributed by atoms with Crippen molar-refractivity contribution < 1.29 is 14.5 Å². The van der Waals surface area contributed by atoms with Gasteiger partial charge in [-0.05, 0) is 18.6 Å². The van der Waals surface area contributed by atoms with E-state index in [2.05, 4.69) is 9.84 Å². The van der Waals surface area contributed by atoms with E-state index in [4.69, 9.17) is 0 Å². The second-order valence-corrected chi connectivity index (χ2v) is 4.21. The summed E-state index contributed by atoms with van der Waals surface area (Å²) in [4.78, 5) is 33.5. The molecule has 0 aliphatic heterocycles. The lowest BCUT2D eigenvalue weighted by atomic mass is 10.2. The molecule has 1 heterocycles. The number of esters is 1. The van der Waals surface area contributed by atoms with Crippen LogP contribution >= 0.6 is 0 Å². The Kier molecular flexibility index (Phi) is 3.79. The molecule has 0 saturated heterocycles. The molecular formula is C13H11N3O5. The zero-order valence-electron chi connectivity index (χ0n) is 11.3. The monoisotopic (exact) mass is 289 g/mol. The van der Waals surface area contributed by atoms with Gasteiger partial charge in [0, 0.05) is 18.3 Å². The van der Waals surface area contributed by atoms with Crippen LogP contribution in [0.15, 0.2) is 35.3 Å². The van der Waals surface area contributed by atoms with Gasteiger partial charge in [-0.3, -0.25) is 14.9 Å². The van der Waals surface area contributed by atoms with Crippen LogP contribution in [0.5, 0.6) is 0 Å². The quantitative estimate of drug-likeness (QED) is 0.478. The lowest BCUT2D eigenvalue weighted by Gasteiger charge is -2.08. The first-order valence-corrected chi connectivity index (χ1v) is 5.87. The lowest BCUT2D eigenvalue weighted by molar-refractivity contribution is -0.384. The molecule has 1 aromatic heterocycles. The third-order valence-electron chi connectivity index (χ3n) is 2.76. The van der Waals surface area contributed by atoms with Gasteiger partial charge in [-0.1, -0.05) is 6.07 Å². The van der Waals surface area contributed by atoms with E-state index in [1.165, 1.54) is 18.3 Å². The van der Waals surface area contributed by atoms with Crippen molar-refractivity contribution in [1.29, 1.82) is 0 Å². The normalized spacial score (nSPS) is 10.2. The number of hydrogen-bond donors (Lipinski definition) is 0. The fourth-order valence-electron chi connectivity index (χ4n) is 1.75. The minimum atomic E-state index is -0.898. The summed E-state index contributed by atoms with van der Waals surface area (Å²) in [6.45, 7) is 1.76. The summed E-state index contributed by atoms with van der Waals surface area (Å²) in [7, 11) is 1.12. The van der Waals surface area contributed by atoms with Gasteiger partial charge in [0.15, 0.2) is 0 Å². The molecular weight excluding hydrogens is 278 g/mol. The van der Waals surface area contributed by atoms with Crippen LogP contribution in [-0.4, -0.2) is 27.8 Å². The number of nitro groups is 1. The molecule has 0 fully saturated rings. The van der Waals surface area contributed by atoms with E-state index in [1.807, 2.05) is 0 Å². The highest BCUT2D eigenvalue weighted by Crippen LogP contribution is 2.22. The fraction of sp³-hybridized carbons (Fsp3) is 0.154. The summed E-state index contributed by atoms with van der Waals surface area (Å²) in [5, 5.41) is 14.9. The number of hydrogen-bond acceptors (Lipinski definition) is 6. The first kappa shape index (κ1) is 14.4. The Bertz CT molecular complexity index is 782. The lowest BCUT2D eigenvalue weighted by Crippen LogP contribution is -2.21. The van der Waals surface area contributed by atoms with Crippen LogP contribution in [0.3, 0.4) is 0 Å². The van der Waals surface area contributed by atoms with Gasteiger partial charge in [-0.2, -0.15) is 5.10 Å². The topological polar surface area (TPSA) is 104 Å². The van der Waals surface area contributed by atoms with Crippen molar-refractivity contribution in [1.82, 2.24) is 9.78 Å². The van der Waals surface area contributed by atoms with E-state index >= 15 is 0 Å². The van der Waals surface area contributed by atoms with E-state index in [1.54, 1.807) is 13.0 Å². The van der Waals surface area contributed by atoms with Gasteiger partial charge >= 0.3 is 5.97 Å². The Balaban J connectivity index is 2.68. The minimum absolute atomic E-state index is 0.158. The second-order valence-electron chi connectivity index (χ2n) is 4.21. The summed E-state index contributed by atoms with van der Waals surface area (Å²) in [6, 6.07) is 5.57. The van der Waals surface area contributed by atoms with Crippen LogP contribution in [0.2, 0.25) is 0 Å². The van der Waals surface area contributed by atoms with Crippen molar-refractivity contribution in [2.24, 2.45) is 0 Å². The third-order valence-corrected chi connectivity index (χ3v) is 2.76. The van der Waals surface area contributed by atoms with E-state index < -0.39 is 22.0 Å². The van der Waals surface area contributed by atoms with Gasteiger partial charge in [0.2, 0.25) is 11.1 Å². The van der Waals surface area contributed by atoms with Crippen molar-refractivity contribution >= 4 is 11.7 Å². The highest BCUT2D eigenvalue weighted by molar-refractivity contribution is 5.86. The number of aromatic nitrogens is 2. The van der Waals surface area contributed by atoms with Crippen molar-refractivity contribution in [3.63, 3.8) is 0 Å². The predicted octanol–water partition coefficient (Wildman–Crippen LogP) is 1.24. The second kappa shape index (κ2) is 5.53. The number of ether oxygens (including phenoxy) is 1. The van der Waals surface area contributed by atoms with E-state index in [0.717, 1.165) is 23.4 Å². The molecule has 2 aromatic rings. The van der Waals surface area contributed by atoms with Crippen molar-refractivity contribution in [2.45, 2.75) is 6.92 Å². The Labute approximate surface area is 118 Å². The smallest absolute Gasteiger partial charge is 0.362 e. The molecule has 8 heteroatoms. The zero-order chi connectivity index (χ0) is 15.6. The number of nitrogens with zero attached hydrogens (tertiary/aromatic N) is 3. The molecule has 0 aliphatic carbocycles. The molecule has 0 bridgehead atoms. The van der Waals surface area contributed by atoms with Crippen LogP contribution < -0.4 is 5.43 Å². The Hall–Kier alpha value is -3.03. The first-order valence-electron chi connectivity index (χ1n) is 5.87. The van der Waals surface area contributed by atoms with E-state index in [0.29, 0.717) is 0 Å². The molecule has 0 amide bonds. The molecule has 0 unspecified atom stereocenters. The van der Waals surface area contributed by atoms with Crippen LogP contribution in [0, 0.1) is 17.0 Å². The maximum atomic E-state index is 11.6. The van der Waals surface area contributed by atoms with Crippen molar-refractivity contribution in [2.75, 3.05) is 7.11 Å².